The van der Waals surface area contributed by atoms with Gasteiger partial charge in [0.25, 0.3) is 0 Å². The minimum atomic E-state index is -0.0830. The molecule has 0 radical (unpaired) electrons. The van der Waals surface area contributed by atoms with Crippen molar-refractivity contribution in [1.29, 1.82) is 0 Å². The fraction of sp³-hybridized carbons (Fsp3) is 0.560. The second kappa shape index (κ2) is 16.1. The van der Waals surface area contributed by atoms with Crippen LogP contribution in [-0.4, -0.2) is 23.7 Å². The van der Waals surface area contributed by atoms with E-state index in [1.165, 1.54) is 18.4 Å². The number of carbonyl (C=O) groups is 1. The molecule has 3 nitrogen and oxygen atoms in total. The zero-order valence-corrected chi connectivity index (χ0v) is 17.8. The van der Waals surface area contributed by atoms with E-state index in [1.54, 1.807) is 0 Å². The molecule has 0 saturated heterocycles. The van der Waals surface area contributed by atoms with E-state index in [4.69, 9.17) is 0 Å². The maximum Gasteiger partial charge on any atom is 0.219 e. The molecule has 28 heavy (non-hydrogen) atoms. The highest BCUT2D eigenvalue weighted by Gasteiger charge is 2.21. The standard InChI is InChI=1S/C16H22O.C9H17NO/c17-16-13-7-12-15(16)11-6-2-5-10-14-8-3-1-4-9-14;1-3-5-6-7-8-9(11)10-4-2/h1,3-4,6,8-9,11,15-17H,2,5,7,10,12-13H2;3,5H,4,6-8H2,1-2H3,(H,10,11)/b11-6+;5-3-. The lowest BCUT2D eigenvalue weighted by Crippen LogP contribution is -2.21. The Kier molecular flexibility index (Phi) is 13.9. The highest BCUT2D eigenvalue weighted by atomic mass is 16.3. The van der Waals surface area contributed by atoms with Gasteiger partial charge in [0.05, 0.1) is 6.10 Å². The van der Waals surface area contributed by atoms with E-state index < -0.39 is 0 Å². The van der Waals surface area contributed by atoms with Crippen molar-refractivity contribution in [2.24, 2.45) is 5.92 Å². The normalized spacial score (nSPS) is 19.0. The van der Waals surface area contributed by atoms with Gasteiger partial charge in [-0.2, -0.15) is 0 Å². The summed E-state index contributed by atoms with van der Waals surface area (Å²) in [5, 5.41) is 12.4. The summed E-state index contributed by atoms with van der Waals surface area (Å²) in [7, 11) is 0. The fourth-order valence-corrected chi connectivity index (χ4v) is 3.37. The van der Waals surface area contributed by atoms with E-state index in [2.05, 4.69) is 53.9 Å². The molecule has 1 aromatic carbocycles. The van der Waals surface area contributed by atoms with Crippen molar-refractivity contribution in [3.8, 4) is 0 Å². The van der Waals surface area contributed by atoms with E-state index in [9.17, 15) is 9.90 Å². The molecule has 2 N–H and O–H groups in total. The molecule has 0 aliphatic heterocycles. The van der Waals surface area contributed by atoms with Gasteiger partial charge in [0.2, 0.25) is 5.91 Å². The Bertz CT molecular complexity index is 565. The molecule has 0 bridgehead atoms. The SMILES string of the molecule is C/C=C\CCCC(=O)NCC.OC1CCCC1/C=C/CCCc1ccccc1. The van der Waals surface area contributed by atoms with Crippen LogP contribution in [0.4, 0.5) is 0 Å². The molecule has 2 unspecified atom stereocenters. The summed E-state index contributed by atoms with van der Waals surface area (Å²) in [6.07, 6.45) is 17.9. The molecule has 1 fully saturated rings. The third-order valence-corrected chi connectivity index (χ3v) is 4.98. The molecule has 0 heterocycles. The van der Waals surface area contributed by atoms with Crippen LogP contribution in [0.5, 0.6) is 0 Å². The lowest BCUT2D eigenvalue weighted by atomic mass is 10.0. The Morgan fingerprint density at radius 2 is 1.89 bits per heavy atom. The van der Waals surface area contributed by atoms with E-state index in [-0.39, 0.29) is 12.0 Å². The number of aliphatic hydroxyl groups excluding tert-OH is 1. The second-order valence-corrected chi connectivity index (χ2v) is 7.38. The molecule has 2 rings (SSSR count). The van der Waals surface area contributed by atoms with Gasteiger partial charge in [-0.25, -0.2) is 0 Å². The molecule has 1 saturated carbocycles. The van der Waals surface area contributed by atoms with Gasteiger partial charge in [0.15, 0.2) is 0 Å². The summed E-state index contributed by atoms with van der Waals surface area (Å²) in [6, 6.07) is 10.6. The first kappa shape index (κ1) is 24.2. The summed E-state index contributed by atoms with van der Waals surface area (Å²) in [5.74, 6) is 0.587. The van der Waals surface area contributed by atoms with Crippen molar-refractivity contribution in [3.05, 3.63) is 60.2 Å². The zero-order chi connectivity index (χ0) is 20.5. The van der Waals surface area contributed by atoms with E-state index in [1.807, 2.05) is 19.9 Å². The van der Waals surface area contributed by atoms with Crippen molar-refractivity contribution in [3.63, 3.8) is 0 Å². The van der Waals surface area contributed by atoms with Crippen molar-refractivity contribution in [2.45, 2.75) is 77.7 Å². The molecular formula is C25H39NO2. The minimum absolute atomic E-state index is 0.0830. The molecule has 3 heteroatoms. The van der Waals surface area contributed by atoms with Crippen LogP contribution >= 0.6 is 0 Å². The third-order valence-electron chi connectivity index (χ3n) is 4.98. The van der Waals surface area contributed by atoms with Crippen molar-refractivity contribution < 1.29 is 9.90 Å². The number of aliphatic hydroxyl groups is 1. The fourth-order valence-electron chi connectivity index (χ4n) is 3.37. The van der Waals surface area contributed by atoms with Gasteiger partial charge in [-0.3, -0.25) is 4.79 Å². The van der Waals surface area contributed by atoms with Gasteiger partial charge in [-0.05, 0) is 64.4 Å². The molecule has 0 aromatic heterocycles. The number of aryl methyl sites for hydroxylation is 1. The second-order valence-electron chi connectivity index (χ2n) is 7.38. The topological polar surface area (TPSA) is 49.3 Å². The predicted octanol–water partition coefficient (Wildman–Crippen LogP) is 5.60. The summed E-state index contributed by atoms with van der Waals surface area (Å²) in [5.41, 5.74) is 1.42. The number of hydrogen-bond acceptors (Lipinski definition) is 2. The van der Waals surface area contributed by atoms with Crippen molar-refractivity contribution in [2.75, 3.05) is 6.54 Å². The van der Waals surface area contributed by atoms with Crippen LogP contribution in [0, 0.1) is 5.92 Å². The summed E-state index contributed by atoms with van der Waals surface area (Å²) >= 11 is 0. The predicted molar refractivity (Wildman–Crippen MR) is 119 cm³/mol. The Balaban J connectivity index is 0.000000311. The minimum Gasteiger partial charge on any atom is -0.393 e. The first-order valence-electron chi connectivity index (χ1n) is 10.9. The number of rotatable bonds is 10. The quantitative estimate of drug-likeness (QED) is 0.407. The molecule has 1 aliphatic carbocycles. The summed E-state index contributed by atoms with van der Waals surface area (Å²) in [6.45, 7) is 4.67. The maximum atomic E-state index is 10.9. The molecular weight excluding hydrogens is 346 g/mol. The van der Waals surface area contributed by atoms with Crippen molar-refractivity contribution >= 4 is 5.91 Å². The molecule has 2 atom stereocenters. The van der Waals surface area contributed by atoms with Gasteiger partial charge in [-0.15, -0.1) is 0 Å². The van der Waals surface area contributed by atoms with E-state index in [0.717, 1.165) is 45.1 Å². The molecule has 0 spiro atoms. The molecule has 1 aromatic rings. The van der Waals surface area contributed by atoms with Gasteiger partial charge >= 0.3 is 0 Å². The van der Waals surface area contributed by atoms with Crippen LogP contribution in [0.15, 0.2) is 54.6 Å². The Labute approximate surface area is 171 Å². The lowest BCUT2D eigenvalue weighted by Gasteiger charge is -2.08. The highest BCUT2D eigenvalue weighted by Crippen LogP contribution is 2.26. The lowest BCUT2D eigenvalue weighted by molar-refractivity contribution is -0.121. The first-order valence-corrected chi connectivity index (χ1v) is 10.9. The third kappa shape index (κ3) is 11.8. The van der Waals surface area contributed by atoms with Crippen LogP contribution in [0.2, 0.25) is 0 Å². The molecule has 156 valence electrons. The van der Waals surface area contributed by atoms with Gasteiger partial charge < -0.3 is 10.4 Å². The smallest absolute Gasteiger partial charge is 0.219 e. The Morgan fingerprint density at radius 3 is 2.54 bits per heavy atom. The number of nitrogens with one attached hydrogen (secondary N) is 1. The summed E-state index contributed by atoms with van der Waals surface area (Å²) in [4.78, 5) is 10.9. The van der Waals surface area contributed by atoms with Crippen LogP contribution < -0.4 is 5.32 Å². The van der Waals surface area contributed by atoms with Gasteiger partial charge in [0, 0.05) is 18.9 Å². The maximum absolute atomic E-state index is 10.9. The van der Waals surface area contributed by atoms with Gasteiger partial charge in [0.1, 0.15) is 0 Å². The van der Waals surface area contributed by atoms with Crippen LogP contribution in [0.1, 0.15) is 70.8 Å². The Hall–Kier alpha value is -1.87. The number of carbonyl (C=O) groups excluding carboxylic acids is 1. The van der Waals surface area contributed by atoms with Crippen LogP contribution in [-0.2, 0) is 11.2 Å². The van der Waals surface area contributed by atoms with Crippen molar-refractivity contribution in [1.82, 2.24) is 5.32 Å². The first-order chi connectivity index (χ1) is 13.7. The number of unbranched alkanes of at least 4 members (excludes halogenated alkanes) is 2. The zero-order valence-electron chi connectivity index (χ0n) is 17.8. The average molecular weight is 386 g/mol. The number of benzene rings is 1. The number of amides is 1. The van der Waals surface area contributed by atoms with E-state index in [0.29, 0.717) is 12.3 Å². The van der Waals surface area contributed by atoms with E-state index >= 15 is 0 Å². The van der Waals surface area contributed by atoms with Gasteiger partial charge in [-0.1, -0.05) is 61.1 Å². The number of allylic oxidation sites excluding steroid dienone is 3. The summed E-state index contributed by atoms with van der Waals surface area (Å²) < 4.78 is 0. The van der Waals surface area contributed by atoms with Crippen LogP contribution in [0.3, 0.4) is 0 Å². The molecule has 1 aliphatic rings. The molecule has 1 amide bonds. The number of hydrogen-bond donors (Lipinski definition) is 2. The monoisotopic (exact) mass is 385 g/mol. The Morgan fingerprint density at radius 1 is 1.14 bits per heavy atom. The highest BCUT2D eigenvalue weighted by molar-refractivity contribution is 5.75. The average Bonchev–Trinajstić information content (AvgIpc) is 3.11. The van der Waals surface area contributed by atoms with Crippen LogP contribution in [0.25, 0.3) is 0 Å². The largest absolute Gasteiger partial charge is 0.393 e.